The molecule has 0 saturated heterocycles. The summed E-state index contributed by atoms with van der Waals surface area (Å²) >= 11 is 0. The smallest absolute Gasteiger partial charge is 0.0414 e. The molecule has 0 spiro atoms. The van der Waals surface area contributed by atoms with Gasteiger partial charge in [-0.05, 0) is 5.92 Å². The van der Waals surface area contributed by atoms with Crippen LogP contribution in [0.25, 0.3) is 0 Å². The lowest BCUT2D eigenvalue weighted by atomic mass is 9.92. The second-order valence-electron chi connectivity index (χ2n) is 13.0. The van der Waals surface area contributed by atoms with Crippen LogP contribution in [0.5, 0.6) is 0 Å². The van der Waals surface area contributed by atoms with Crippen molar-refractivity contribution < 1.29 is 0 Å². The third kappa shape index (κ3) is 32.2. The Morgan fingerprint density at radius 3 is 0.658 bits per heavy atom. The SMILES string of the molecule is [CH2]CC(CCCCCCCCCC)CCCCCCCCCCCCCCCCCCCCCCCCC. The lowest BCUT2D eigenvalue weighted by molar-refractivity contribution is 0.404. The Balaban J connectivity index is 3.19. The van der Waals surface area contributed by atoms with Gasteiger partial charge in [0.1, 0.15) is 0 Å². The summed E-state index contributed by atoms with van der Waals surface area (Å²) < 4.78 is 0. The molecular weight excluding hydrogens is 456 g/mol. The fourth-order valence-electron chi connectivity index (χ4n) is 6.22. The Morgan fingerprint density at radius 2 is 0.474 bits per heavy atom. The van der Waals surface area contributed by atoms with E-state index in [0.29, 0.717) is 0 Å². The van der Waals surface area contributed by atoms with Crippen LogP contribution in [0.15, 0.2) is 0 Å². The highest BCUT2D eigenvalue weighted by Gasteiger charge is 2.06. The molecular formula is C38H77. The molecule has 0 bridgehead atoms. The van der Waals surface area contributed by atoms with E-state index in [-0.39, 0.29) is 0 Å². The summed E-state index contributed by atoms with van der Waals surface area (Å²) in [5.74, 6) is 0.907. The maximum absolute atomic E-state index is 4.24. The van der Waals surface area contributed by atoms with E-state index in [1.807, 2.05) is 0 Å². The molecule has 0 aliphatic carbocycles. The summed E-state index contributed by atoms with van der Waals surface area (Å²) in [5.41, 5.74) is 0. The van der Waals surface area contributed by atoms with Crippen LogP contribution in [-0.4, -0.2) is 0 Å². The largest absolute Gasteiger partial charge is 0.0654 e. The minimum Gasteiger partial charge on any atom is -0.0654 e. The molecule has 0 aliphatic rings. The maximum Gasteiger partial charge on any atom is -0.0414 e. The molecule has 0 aromatic heterocycles. The molecule has 0 nitrogen and oxygen atoms in total. The topological polar surface area (TPSA) is 0 Å². The van der Waals surface area contributed by atoms with E-state index in [4.69, 9.17) is 0 Å². The lowest BCUT2D eigenvalue weighted by Crippen LogP contribution is -1.99. The zero-order valence-corrected chi connectivity index (χ0v) is 27.3. The van der Waals surface area contributed by atoms with Gasteiger partial charge in [0, 0.05) is 0 Å². The Bertz CT molecular complexity index is 385. The molecule has 0 amide bonds. The van der Waals surface area contributed by atoms with Crippen LogP contribution >= 0.6 is 0 Å². The minimum atomic E-state index is 0.907. The molecule has 0 aromatic rings. The predicted molar refractivity (Wildman–Crippen MR) is 177 cm³/mol. The Kier molecular flexibility index (Phi) is 35.0. The molecule has 0 rings (SSSR count). The number of hydrogen-bond acceptors (Lipinski definition) is 0. The molecule has 229 valence electrons. The minimum absolute atomic E-state index is 0.907. The highest BCUT2D eigenvalue weighted by Crippen LogP contribution is 2.22. The molecule has 0 aliphatic heterocycles. The molecule has 0 saturated carbocycles. The van der Waals surface area contributed by atoms with Crippen LogP contribution in [-0.2, 0) is 0 Å². The fourth-order valence-corrected chi connectivity index (χ4v) is 6.22. The van der Waals surface area contributed by atoms with E-state index in [0.717, 1.165) is 12.3 Å². The third-order valence-electron chi connectivity index (χ3n) is 9.09. The molecule has 0 N–H and O–H groups in total. The fraction of sp³-hybridized carbons (Fsp3) is 0.974. The van der Waals surface area contributed by atoms with Crippen molar-refractivity contribution >= 4 is 0 Å². The first-order valence-electron chi connectivity index (χ1n) is 18.6. The van der Waals surface area contributed by atoms with Gasteiger partial charge in [0.05, 0.1) is 0 Å². The average Bonchev–Trinajstić information content (AvgIpc) is 2.93. The first-order valence-corrected chi connectivity index (χ1v) is 18.6. The van der Waals surface area contributed by atoms with Crippen molar-refractivity contribution in [3.63, 3.8) is 0 Å². The number of rotatable bonds is 34. The van der Waals surface area contributed by atoms with Crippen LogP contribution in [0.1, 0.15) is 232 Å². The van der Waals surface area contributed by atoms with E-state index >= 15 is 0 Å². The molecule has 0 heteroatoms. The quantitative estimate of drug-likeness (QED) is 0.0721. The van der Waals surface area contributed by atoms with E-state index in [1.54, 1.807) is 0 Å². The summed E-state index contributed by atoms with van der Waals surface area (Å²) in [6, 6.07) is 0. The van der Waals surface area contributed by atoms with Crippen molar-refractivity contribution in [3.8, 4) is 0 Å². The average molecular weight is 534 g/mol. The molecule has 1 atom stereocenters. The molecule has 38 heavy (non-hydrogen) atoms. The van der Waals surface area contributed by atoms with E-state index in [2.05, 4.69) is 20.8 Å². The van der Waals surface area contributed by atoms with Crippen molar-refractivity contribution in [2.45, 2.75) is 232 Å². The van der Waals surface area contributed by atoms with Crippen molar-refractivity contribution in [3.05, 3.63) is 6.92 Å². The van der Waals surface area contributed by atoms with Crippen molar-refractivity contribution in [2.24, 2.45) is 5.92 Å². The summed E-state index contributed by atoms with van der Waals surface area (Å²) in [4.78, 5) is 0. The zero-order chi connectivity index (χ0) is 27.6. The van der Waals surface area contributed by atoms with E-state index in [9.17, 15) is 0 Å². The second kappa shape index (κ2) is 35.0. The van der Waals surface area contributed by atoms with Gasteiger partial charge in [-0.2, -0.15) is 0 Å². The predicted octanol–water partition coefficient (Wildman–Crippen LogP) is 14.7. The lowest BCUT2D eigenvalue weighted by Gasteiger charge is -2.14. The van der Waals surface area contributed by atoms with Gasteiger partial charge >= 0.3 is 0 Å². The van der Waals surface area contributed by atoms with Gasteiger partial charge < -0.3 is 0 Å². The number of hydrogen-bond donors (Lipinski definition) is 0. The van der Waals surface area contributed by atoms with Crippen LogP contribution in [0.2, 0.25) is 0 Å². The summed E-state index contributed by atoms with van der Waals surface area (Å²) in [5, 5.41) is 0. The number of unbranched alkanes of at least 4 members (excludes halogenated alkanes) is 29. The molecule has 0 heterocycles. The molecule has 0 fully saturated rings. The Hall–Kier alpha value is 0. The normalized spacial score (nSPS) is 12.4. The second-order valence-corrected chi connectivity index (χ2v) is 13.0. The van der Waals surface area contributed by atoms with Crippen molar-refractivity contribution in [1.82, 2.24) is 0 Å². The maximum atomic E-state index is 4.24. The molecule has 1 unspecified atom stereocenters. The Morgan fingerprint density at radius 1 is 0.289 bits per heavy atom. The standard InChI is InChI=1S/C38H77/c1-4-7-9-11-13-15-16-17-18-19-20-21-22-23-24-25-26-27-28-29-31-33-35-37-38(6-3)36-34-32-30-14-12-10-8-5-2/h38H,3-37H2,1-2H3. The monoisotopic (exact) mass is 534 g/mol. The zero-order valence-electron chi connectivity index (χ0n) is 27.3. The van der Waals surface area contributed by atoms with Gasteiger partial charge in [-0.1, -0.05) is 239 Å². The molecule has 0 aromatic carbocycles. The van der Waals surface area contributed by atoms with Gasteiger partial charge in [0.2, 0.25) is 0 Å². The van der Waals surface area contributed by atoms with Gasteiger partial charge in [-0.15, -0.1) is 0 Å². The van der Waals surface area contributed by atoms with Crippen molar-refractivity contribution in [2.75, 3.05) is 0 Å². The van der Waals surface area contributed by atoms with Crippen LogP contribution in [0.4, 0.5) is 0 Å². The Labute approximate surface area is 244 Å². The molecule has 1 radical (unpaired) electrons. The van der Waals surface area contributed by atoms with Crippen molar-refractivity contribution in [1.29, 1.82) is 0 Å². The third-order valence-corrected chi connectivity index (χ3v) is 9.09. The van der Waals surface area contributed by atoms with Crippen LogP contribution in [0.3, 0.4) is 0 Å². The van der Waals surface area contributed by atoms with E-state index in [1.165, 1.54) is 212 Å². The highest BCUT2D eigenvalue weighted by molar-refractivity contribution is 4.62. The van der Waals surface area contributed by atoms with E-state index < -0.39 is 0 Å². The summed E-state index contributed by atoms with van der Waals surface area (Å²) in [7, 11) is 0. The van der Waals surface area contributed by atoms with Crippen LogP contribution in [0, 0.1) is 12.8 Å². The van der Waals surface area contributed by atoms with Gasteiger partial charge in [-0.3, -0.25) is 0 Å². The van der Waals surface area contributed by atoms with Gasteiger partial charge in [0.15, 0.2) is 0 Å². The van der Waals surface area contributed by atoms with Gasteiger partial charge in [0.25, 0.3) is 0 Å². The van der Waals surface area contributed by atoms with Gasteiger partial charge in [-0.25, -0.2) is 0 Å². The van der Waals surface area contributed by atoms with Crippen LogP contribution < -0.4 is 0 Å². The first kappa shape index (κ1) is 38.0. The summed E-state index contributed by atoms with van der Waals surface area (Å²) in [6.07, 6.45) is 49.6. The first-order chi connectivity index (χ1) is 18.8. The summed E-state index contributed by atoms with van der Waals surface area (Å²) in [6.45, 7) is 8.86. The highest BCUT2D eigenvalue weighted by atomic mass is 14.1.